The van der Waals surface area contributed by atoms with Crippen molar-refractivity contribution in [1.29, 1.82) is 0 Å². The fourth-order valence-electron chi connectivity index (χ4n) is 1.72. The molecule has 2 heterocycles. The van der Waals surface area contributed by atoms with E-state index in [1.807, 2.05) is 0 Å². The van der Waals surface area contributed by atoms with Gasteiger partial charge < -0.3 is 0 Å². The second-order valence-electron chi connectivity index (χ2n) is 4.04. The quantitative estimate of drug-likeness (QED) is 0.695. The van der Waals surface area contributed by atoms with E-state index < -0.39 is 5.69 Å². The second-order valence-corrected chi connectivity index (χ2v) is 5.14. The van der Waals surface area contributed by atoms with Crippen molar-refractivity contribution in [1.82, 2.24) is 19.3 Å². The van der Waals surface area contributed by atoms with Crippen LogP contribution in [-0.2, 0) is 13.6 Å². The molecule has 0 fully saturated rings. The third-order valence-corrected chi connectivity index (χ3v) is 3.95. The number of thiol groups is 2. The molecule has 0 aliphatic carbocycles. The topological polar surface area (TPSA) is 72.7 Å². The average molecular weight is 286 g/mol. The number of nitrogens with zero attached hydrogens (tertiary/aromatic N) is 3. The van der Waals surface area contributed by atoms with Crippen molar-refractivity contribution in [2.75, 3.05) is 5.75 Å². The van der Waals surface area contributed by atoms with Crippen molar-refractivity contribution in [3.63, 3.8) is 0 Å². The Bertz CT molecular complexity index is 673. The average Bonchev–Trinajstić information content (AvgIpc) is 2.70. The lowest BCUT2D eigenvalue weighted by Gasteiger charge is -2.08. The largest absolute Gasteiger partial charge is 0.329 e. The molecule has 2 aromatic heterocycles. The molecule has 0 bridgehead atoms. The van der Waals surface area contributed by atoms with Crippen molar-refractivity contribution >= 4 is 36.3 Å². The number of hydrogen-bond acceptors (Lipinski definition) is 5. The minimum absolute atomic E-state index is 0.0595. The Labute approximate surface area is 114 Å². The molecule has 0 unspecified atom stereocenters. The van der Waals surface area contributed by atoms with Crippen LogP contribution in [0.2, 0.25) is 0 Å². The first-order valence-electron chi connectivity index (χ1n) is 5.48. The Morgan fingerprint density at radius 1 is 1.50 bits per heavy atom. The van der Waals surface area contributed by atoms with Crippen LogP contribution in [0.15, 0.2) is 15.8 Å². The van der Waals surface area contributed by atoms with Gasteiger partial charge in [0.05, 0.1) is 6.20 Å². The summed E-state index contributed by atoms with van der Waals surface area (Å²) in [6, 6.07) is 0. The summed E-state index contributed by atoms with van der Waals surface area (Å²) in [5.74, 6) is 0.602. The molecule has 2 aromatic rings. The summed E-state index contributed by atoms with van der Waals surface area (Å²) in [7, 11) is 1.67. The summed E-state index contributed by atoms with van der Waals surface area (Å²) in [5.41, 5.74) is -0.296. The van der Waals surface area contributed by atoms with E-state index >= 15 is 0 Å². The maximum atomic E-state index is 12.1. The zero-order chi connectivity index (χ0) is 13.3. The highest BCUT2D eigenvalue weighted by Crippen LogP contribution is 2.05. The summed E-state index contributed by atoms with van der Waals surface area (Å²) in [4.78, 5) is 26.6. The van der Waals surface area contributed by atoms with Crippen molar-refractivity contribution in [2.24, 2.45) is 7.05 Å². The summed E-state index contributed by atoms with van der Waals surface area (Å²) < 4.78 is 2.65. The fraction of sp³-hybridized carbons (Fsp3) is 0.500. The van der Waals surface area contributed by atoms with Gasteiger partial charge >= 0.3 is 5.69 Å². The third-order valence-electron chi connectivity index (χ3n) is 2.78. The Morgan fingerprint density at radius 3 is 2.89 bits per heavy atom. The summed E-state index contributed by atoms with van der Waals surface area (Å²) in [6.07, 6.45) is 2.07. The Kier molecular flexibility index (Phi) is 3.86. The lowest BCUT2D eigenvalue weighted by atomic mass is 10.3. The molecule has 0 saturated heterocycles. The van der Waals surface area contributed by atoms with Crippen LogP contribution < -0.4 is 11.2 Å². The van der Waals surface area contributed by atoms with Gasteiger partial charge in [0.15, 0.2) is 0 Å². The molecule has 0 aliphatic rings. The summed E-state index contributed by atoms with van der Waals surface area (Å²) in [5, 5.41) is 4.43. The Morgan fingerprint density at radius 2 is 2.22 bits per heavy atom. The van der Waals surface area contributed by atoms with Crippen molar-refractivity contribution in [2.45, 2.75) is 18.2 Å². The molecule has 0 saturated carbocycles. The van der Waals surface area contributed by atoms with Gasteiger partial charge in [-0.2, -0.15) is 30.4 Å². The van der Waals surface area contributed by atoms with Gasteiger partial charge in [0, 0.05) is 24.6 Å². The minimum Gasteiger partial charge on any atom is -0.291 e. The number of aromatic nitrogens is 4. The van der Waals surface area contributed by atoms with Gasteiger partial charge in [0.1, 0.15) is 11.0 Å². The van der Waals surface area contributed by atoms with E-state index in [4.69, 9.17) is 0 Å². The molecule has 6 nitrogen and oxygen atoms in total. The standard InChI is InChI=1S/C10H14N4O2S2/c1-13-8-7(4-11-13)9(15)14(10(16)12-8)3-2-6(18)5-17/h4,6,17-18H,2-3,5H2,1H3,(H,12,16)/t6-/m1/s1. The van der Waals surface area contributed by atoms with Crippen LogP contribution in [0.3, 0.4) is 0 Å². The van der Waals surface area contributed by atoms with Gasteiger partial charge in [-0.15, -0.1) is 0 Å². The zero-order valence-electron chi connectivity index (χ0n) is 9.83. The fourth-order valence-corrected chi connectivity index (χ4v) is 2.02. The van der Waals surface area contributed by atoms with Gasteiger partial charge in [-0.25, -0.2) is 4.79 Å². The maximum Gasteiger partial charge on any atom is 0.329 e. The van der Waals surface area contributed by atoms with Crippen LogP contribution in [0.25, 0.3) is 11.0 Å². The second kappa shape index (κ2) is 5.23. The predicted octanol–water partition coefficient (Wildman–Crippen LogP) is 0.0416. The first-order chi connectivity index (χ1) is 8.54. The molecule has 98 valence electrons. The van der Waals surface area contributed by atoms with E-state index in [2.05, 4.69) is 35.3 Å². The van der Waals surface area contributed by atoms with Gasteiger partial charge in [-0.1, -0.05) is 0 Å². The van der Waals surface area contributed by atoms with Gasteiger partial charge in [0.25, 0.3) is 5.56 Å². The Balaban J connectivity index is 2.45. The highest BCUT2D eigenvalue weighted by atomic mass is 32.1. The number of rotatable bonds is 4. The summed E-state index contributed by atoms with van der Waals surface area (Å²) in [6.45, 7) is 0.327. The zero-order valence-corrected chi connectivity index (χ0v) is 11.6. The van der Waals surface area contributed by atoms with Crippen LogP contribution in [0.5, 0.6) is 0 Å². The highest BCUT2D eigenvalue weighted by Gasteiger charge is 2.11. The van der Waals surface area contributed by atoms with Crippen molar-refractivity contribution in [3.8, 4) is 0 Å². The number of aryl methyl sites for hydroxylation is 1. The summed E-state index contributed by atoms with van der Waals surface area (Å²) >= 11 is 8.40. The molecule has 18 heavy (non-hydrogen) atoms. The van der Waals surface area contributed by atoms with Gasteiger partial charge in [-0.05, 0) is 6.42 Å². The SMILES string of the molecule is Cn1ncc2c(=O)n(CC[C@@H](S)CS)c(=O)[nH]c21. The van der Waals surface area contributed by atoms with E-state index in [9.17, 15) is 9.59 Å². The van der Waals surface area contributed by atoms with E-state index in [1.165, 1.54) is 15.4 Å². The van der Waals surface area contributed by atoms with Crippen LogP contribution in [0, 0.1) is 0 Å². The van der Waals surface area contributed by atoms with E-state index in [0.29, 0.717) is 29.8 Å². The predicted molar refractivity (Wildman–Crippen MR) is 76.8 cm³/mol. The van der Waals surface area contributed by atoms with Crippen molar-refractivity contribution < 1.29 is 0 Å². The highest BCUT2D eigenvalue weighted by molar-refractivity contribution is 7.84. The first-order valence-corrected chi connectivity index (χ1v) is 6.63. The molecule has 0 spiro atoms. The number of fused-ring (bicyclic) bond motifs is 1. The maximum absolute atomic E-state index is 12.1. The smallest absolute Gasteiger partial charge is 0.291 e. The van der Waals surface area contributed by atoms with Gasteiger partial charge in [0.2, 0.25) is 0 Å². The molecule has 0 amide bonds. The lowest BCUT2D eigenvalue weighted by molar-refractivity contribution is 0.597. The number of H-pyrrole nitrogens is 1. The Hall–Kier alpha value is -1.15. The monoisotopic (exact) mass is 286 g/mol. The van der Waals surface area contributed by atoms with Gasteiger partial charge in [-0.3, -0.25) is 19.0 Å². The van der Waals surface area contributed by atoms with Crippen LogP contribution >= 0.6 is 25.3 Å². The van der Waals surface area contributed by atoms with Crippen molar-refractivity contribution in [3.05, 3.63) is 27.0 Å². The minimum atomic E-state index is -0.421. The molecular formula is C10H14N4O2S2. The molecule has 8 heteroatoms. The van der Waals surface area contributed by atoms with E-state index in [0.717, 1.165) is 0 Å². The normalized spacial score (nSPS) is 13.1. The molecule has 0 aromatic carbocycles. The molecule has 1 N–H and O–H groups in total. The molecule has 0 radical (unpaired) electrons. The molecule has 0 aliphatic heterocycles. The molecule has 2 rings (SSSR count). The number of nitrogens with one attached hydrogen (secondary N) is 1. The van der Waals surface area contributed by atoms with E-state index in [1.54, 1.807) is 7.05 Å². The number of aromatic amines is 1. The molecule has 1 atom stereocenters. The van der Waals surface area contributed by atoms with Crippen LogP contribution in [0.1, 0.15) is 6.42 Å². The first kappa shape index (κ1) is 13.3. The van der Waals surface area contributed by atoms with Crippen LogP contribution in [-0.4, -0.2) is 30.3 Å². The third kappa shape index (κ3) is 2.35. The lowest BCUT2D eigenvalue weighted by Crippen LogP contribution is -2.35. The van der Waals surface area contributed by atoms with Crippen LogP contribution in [0.4, 0.5) is 0 Å². The molecular weight excluding hydrogens is 272 g/mol. The number of hydrogen-bond donors (Lipinski definition) is 3. The van der Waals surface area contributed by atoms with E-state index in [-0.39, 0.29) is 10.8 Å².